The van der Waals surface area contributed by atoms with Crippen molar-refractivity contribution >= 4 is 35.0 Å². The standard InChI is InChI=1S/C18H13Cl2F3N2O2/c19-12-3-4-13(15(20)8-12)14-7-10(16-24-5-6-25-16)1-2-11(14)9-27-17(26)18(21,22)23/h1-4,7-8H,5-6,9H2,(H,24,25). The Hall–Kier alpha value is -2.25. The van der Waals surface area contributed by atoms with Crippen molar-refractivity contribution in [1.82, 2.24) is 5.32 Å². The Morgan fingerprint density at radius 2 is 1.93 bits per heavy atom. The molecule has 1 heterocycles. The summed E-state index contributed by atoms with van der Waals surface area (Å²) < 4.78 is 41.7. The lowest BCUT2D eigenvalue weighted by Crippen LogP contribution is -2.25. The highest BCUT2D eigenvalue weighted by molar-refractivity contribution is 6.36. The molecule has 2 aromatic carbocycles. The molecule has 0 bridgehead atoms. The van der Waals surface area contributed by atoms with Gasteiger partial charge in [0.05, 0.1) is 6.54 Å². The van der Waals surface area contributed by atoms with Gasteiger partial charge in [-0.25, -0.2) is 4.79 Å². The highest BCUT2D eigenvalue weighted by Crippen LogP contribution is 2.34. The third-order valence-electron chi connectivity index (χ3n) is 3.87. The predicted molar refractivity (Wildman–Crippen MR) is 97.2 cm³/mol. The lowest BCUT2D eigenvalue weighted by atomic mass is 9.97. The number of rotatable bonds is 4. The molecule has 0 saturated carbocycles. The van der Waals surface area contributed by atoms with Crippen molar-refractivity contribution < 1.29 is 22.7 Å². The number of nitrogens with one attached hydrogen (secondary N) is 1. The monoisotopic (exact) mass is 416 g/mol. The summed E-state index contributed by atoms with van der Waals surface area (Å²) in [6.45, 7) is 0.793. The highest BCUT2D eigenvalue weighted by Gasteiger charge is 2.41. The van der Waals surface area contributed by atoms with E-state index in [0.29, 0.717) is 45.7 Å². The van der Waals surface area contributed by atoms with Gasteiger partial charge in [0.25, 0.3) is 0 Å². The minimum atomic E-state index is -5.06. The van der Waals surface area contributed by atoms with Crippen LogP contribution < -0.4 is 5.32 Å². The van der Waals surface area contributed by atoms with Gasteiger partial charge in [-0.15, -0.1) is 0 Å². The van der Waals surface area contributed by atoms with Gasteiger partial charge in [-0.2, -0.15) is 13.2 Å². The molecule has 0 amide bonds. The lowest BCUT2D eigenvalue weighted by molar-refractivity contribution is -0.201. The molecule has 0 saturated heterocycles. The first-order valence-corrected chi connectivity index (χ1v) is 8.62. The number of carbonyl (C=O) groups is 1. The fraction of sp³-hybridized carbons (Fsp3) is 0.222. The average Bonchev–Trinajstić information content (AvgIpc) is 3.13. The first-order chi connectivity index (χ1) is 12.8. The molecule has 0 unspecified atom stereocenters. The number of ether oxygens (including phenoxy) is 1. The zero-order chi connectivity index (χ0) is 19.6. The third kappa shape index (κ3) is 4.54. The molecule has 0 radical (unpaired) electrons. The van der Waals surface area contributed by atoms with Crippen LogP contribution in [-0.4, -0.2) is 31.1 Å². The van der Waals surface area contributed by atoms with Gasteiger partial charge >= 0.3 is 12.1 Å². The van der Waals surface area contributed by atoms with Gasteiger partial charge in [-0.1, -0.05) is 41.4 Å². The highest BCUT2D eigenvalue weighted by atomic mass is 35.5. The average molecular weight is 417 g/mol. The molecule has 1 N–H and O–H groups in total. The third-order valence-corrected chi connectivity index (χ3v) is 4.42. The van der Waals surface area contributed by atoms with E-state index in [-0.39, 0.29) is 0 Å². The van der Waals surface area contributed by atoms with Crippen molar-refractivity contribution in [2.45, 2.75) is 12.8 Å². The van der Waals surface area contributed by atoms with Gasteiger partial charge in [0.2, 0.25) is 0 Å². The second-order valence-corrected chi connectivity index (χ2v) is 6.57. The van der Waals surface area contributed by atoms with Crippen LogP contribution in [0.5, 0.6) is 0 Å². The summed E-state index contributed by atoms with van der Waals surface area (Å²) in [6, 6.07) is 9.82. The molecule has 1 aliphatic heterocycles. The molecule has 0 aliphatic carbocycles. The SMILES string of the molecule is O=C(OCc1ccc(C2=NCCN2)cc1-c1ccc(Cl)cc1Cl)C(F)(F)F. The van der Waals surface area contributed by atoms with E-state index in [1.54, 1.807) is 30.3 Å². The maximum Gasteiger partial charge on any atom is 0.490 e. The summed E-state index contributed by atoms with van der Waals surface area (Å²) in [6.07, 6.45) is -5.06. The molecule has 142 valence electrons. The zero-order valence-corrected chi connectivity index (χ0v) is 15.3. The maximum atomic E-state index is 12.4. The molecule has 9 heteroatoms. The van der Waals surface area contributed by atoms with Crippen molar-refractivity contribution in [2.75, 3.05) is 13.1 Å². The summed E-state index contributed by atoms with van der Waals surface area (Å²) in [7, 11) is 0. The van der Waals surface area contributed by atoms with E-state index in [1.165, 1.54) is 6.07 Å². The molecule has 3 rings (SSSR count). The molecule has 27 heavy (non-hydrogen) atoms. The normalized spacial score (nSPS) is 13.9. The van der Waals surface area contributed by atoms with Crippen molar-refractivity contribution in [1.29, 1.82) is 0 Å². The van der Waals surface area contributed by atoms with Crippen molar-refractivity contribution in [3.8, 4) is 11.1 Å². The summed E-state index contributed by atoms with van der Waals surface area (Å²) in [5, 5.41) is 3.87. The van der Waals surface area contributed by atoms with E-state index in [9.17, 15) is 18.0 Å². The summed E-state index contributed by atoms with van der Waals surface area (Å²) in [5.74, 6) is -1.57. The van der Waals surface area contributed by atoms with Crippen LogP contribution >= 0.6 is 23.2 Å². The Morgan fingerprint density at radius 1 is 1.15 bits per heavy atom. The van der Waals surface area contributed by atoms with Crippen molar-refractivity contribution in [2.24, 2.45) is 4.99 Å². The number of halogens is 5. The van der Waals surface area contributed by atoms with Crippen LogP contribution in [0.1, 0.15) is 11.1 Å². The number of nitrogens with zero attached hydrogens (tertiary/aromatic N) is 1. The lowest BCUT2D eigenvalue weighted by Gasteiger charge is -2.15. The van der Waals surface area contributed by atoms with E-state index in [1.807, 2.05) is 0 Å². The van der Waals surface area contributed by atoms with Crippen LogP contribution in [0, 0.1) is 0 Å². The van der Waals surface area contributed by atoms with Crippen LogP contribution in [0.3, 0.4) is 0 Å². The molecule has 4 nitrogen and oxygen atoms in total. The second-order valence-electron chi connectivity index (χ2n) is 5.73. The first kappa shape index (κ1) is 19.5. The Labute approximate surface area is 162 Å². The van der Waals surface area contributed by atoms with E-state index in [2.05, 4.69) is 15.0 Å². The molecule has 1 aliphatic rings. The van der Waals surface area contributed by atoms with E-state index in [0.717, 1.165) is 5.56 Å². The minimum Gasteiger partial charge on any atom is -0.454 e. The number of hydrogen-bond donors (Lipinski definition) is 1. The molecular formula is C18H13Cl2F3N2O2. The van der Waals surface area contributed by atoms with E-state index in [4.69, 9.17) is 23.2 Å². The number of esters is 1. The Bertz CT molecular complexity index is 914. The molecule has 0 aromatic heterocycles. The van der Waals surface area contributed by atoms with E-state index >= 15 is 0 Å². The topological polar surface area (TPSA) is 50.7 Å². The predicted octanol–water partition coefficient (Wildman–Crippen LogP) is 4.62. The van der Waals surface area contributed by atoms with Crippen LogP contribution in [0.4, 0.5) is 13.2 Å². The van der Waals surface area contributed by atoms with E-state index < -0.39 is 18.8 Å². The molecule has 0 atom stereocenters. The van der Waals surface area contributed by atoms with Gasteiger partial charge < -0.3 is 10.1 Å². The van der Waals surface area contributed by atoms with Gasteiger partial charge in [0.1, 0.15) is 12.4 Å². The molecule has 0 spiro atoms. The summed E-state index contributed by atoms with van der Waals surface area (Å²) in [5.41, 5.74) is 2.21. The number of aliphatic imine (C=N–C) groups is 1. The second kappa shape index (κ2) is 7.78. The van der Waals surface area contributed by atoms with Crippen LogP contribution in [0.25, 0.3) is 11.1 Å². The number of amidine groups is 1. The minimum absolute atomic E-state index is 0.323. The smallest absolute Gasteiger partial charge is 0.454 e. The van der Waals surface area contributed by atoms with Crippen molar-refractivity contribution in [3.63, 3.8) is 0 Å². The van der Waals surface area contributed by atoms with Gasteiger partial charge in [-0.05, 0) is 29.3 Å². The fourth-order valence-electron chi connectivity index (χ4n) is 2.62. The van der Waals surface area contributed by atoms with Crippen LogP contribution in [-0.2, 0) is 16.1 Å². The zero-order valence-electron chi connectivity index (χ0n) is 13.7. The molecule has 2 aromatic rings. The number of carbonyl (C=O) groups excluding carboxylic acids is 1. The maximum absolute atomic E-state index is 12.4. The number of hydrogen-bond acceptors (Lipinski definition) is 4. The Kier molecular flexibility index (Phi) is 5.62. The Morgan fingerprint density at radius 3 is 2.56 bits per heavy atom. The van der Waals surface area contributed by atoms with Crippen LogP contribution in [0.15, 0.2) is 41.4 Å². The van der Waals surface area contributed by atoms with Gasteiger partial charge in [0, 0.05) is 27.7 Å². The van der Waals surface area contributed by atoms with Gasteiger partial charge in [-0.3, -0.25) is 4.99 Å². The van der Waals surface area contributed by atoms with Crippen LogP contribution in [0.2, 0.25) is 10.0 Å². The summed E-state index contributed by atoms with van der Waals surface area (Å²) >= 11 is 12.2. The number of alkyl halides is 3. The fourth-order valence-corrected chi connectivity index (χ4v) is 3.13. The summed E-state index contributed by atoms with van der Waals surface area (Å²) in [4.78, 5) is 15.4. The quantitative estimate of drug-likeness (QED) is 0.740. The molecular weight excluding hydrogens is 404 g/mol. The Balaban J connectivity index is 2.00. The molecule has 0 fully saturated rings. The largest absolute Gasteiger partial charge is 0.490 e. The number of benzene rings is 2. The van der Waals surface area contributed by atoms with Gasteiger partial charge in [0.15, 0.2) is 0 Å². The first-order valence-electron chi connectivity index (χ1n) is 7.86. The van der Waals surface area contributed by atoms with Crippen molar-refractivity contribution in [3.05, 3.63) is 57.6 Å².